The number of carbonyl (C=O) groups is 1. The molecule has 3 aromatic rings. The van der Waals surface area contributed by atoms with Crippen LogP contribution in [0.15, 0.2) is 58.1 Å². The van der Waals surface area contributed by atoms with E-state index in [4.69, 9.17) is 4.42 Å². The van der Waals surface area contributed by atoms with E-state index in [0.717, 1.165) is 22.6 Å². The molecular formula is C22H28N6O2. The predicted octanol–water partition coefficient (Wildman–Crippen LogP) is 2.45. The Bertz CT molecular complexity index is 991. The SMILES string of the molecule is CCNC(=NCc1ccccc1-n1nc(C)cc1C)NCC(=O)NCc1ccco1. The number of aromatic nitrogens is 2. The summed E-state index contributed by atoms with van der Waals surface area (Å²) < 4.78 is 7.15. The van der Waals surface area contributed by atoms with Crippen LogP contribution in [-0.4, -0.2) is 34.7 Å². The summed E-state index contributed by atoms with van der Waals surface area (Å²) in [7, 11) is 0. The van der Waals surface area contributed by atoms with Crippen LogP contribution in [0.5, 0.6) is 0 Å². The maximum absolute atomic E-state index is 12.1. The summed E-state index contributed by atoms with van der Waals surface area (Å²) in [6, 6.07) is 13.7. The lowest BCUT2D eigenvalue weighted by molar-refractivity contribution is -0.120. The minimum atomic E-state index is -0.139. The third-order valence-electron chi connectivity index (χ3n) is 4.44. The molecule has 1 amide bonds. The summed E-state index contributed by atoms with van der Waals surface area (Å²) >= 11 is 0. The van der Waals surface area contributed by atoms with E-state index in [1.54, 1.807) is 12.3 Å². The van der Waals surface area contributed by atoms with Gasteiger partial charge in [-0.2, -0.15) is 5.10 Å². The standard InChI is InChI=1S/C22H28N6O2/c1-4-23-22(26-15-21(29)24-14-19-9-7-11-30-19)25-13-18-8-5-6-10-20(18)28-17(3)12-16(2)27-28/h5-12H,4,13-15H2,1-3H3,(H,24,29)(H2,23,25,26). The lowest BCUT2D eigenvalue weighted by atomic mass is 10.2. The highest BCUT2D eigenvalue weighted by Crippen LogP contribution is 2.17. The Balaban J connectivity index is 1.63. The fourth-order valence-corrected chi connectivity index (χ4v) is 3.06. The average molecular weight is 409 g/mol. The molecule has 0 aliphatic rings. The van der Waals surface area contributed by atoms with Crippen molar-refractivity contribution in [2.24, 2.45) is 4.99 Å². The smallest absolute Gasteiger partial charge is 0.239 e. The third kappa shape index (κ3) is 5.73. The number of para-hydroxylation sites is 1. The zero-order chi connectivity index (χ0) is 21.3. The van der Waals surface area contributed by atoms with Gasteiger partial charge in [-0.1, -0.05) is 18.2 Å². The second kappa shape index (κ2) is 10.3. The molecule has 0 radical (unpaired) electrons. The quantitative estimate of drug-likeness (QED) is 0.393. The largest absolute Gasteiger partial charge is 0.467 e. The van der Waals surface area contributed by atoms with Crippen molar-refractivity contribution >= 4 is 11.9 Å². The number of aryl methyl sites for hydroxylation is 2. The Kier molecular flexibility index (Phi) is 7.26. The molecule has 0 aliphatic carbocycles. The van der Waals surface area contributed by atoms with Crippen molar-refractivity contribution in [1.29, 1.82) is 0 Å². The Labute approximate surface area is 176 Å². The molecule has 30 heavy (non-hydrogen) atoms. The second-order valence-corrected chi connectivity index (χ2v) is 6.87. The van der Waals surface area contributed by atoms with Crippen LogP contribution in [0, 0.1) is 13.8 Å². The zero-order valence-electron chi connectivity index (χ0n) is 17.6. The van der Waals surface area contributed by atoms with Gasteiger partial charge in [-0.25, -0.2) is 9.67 Å². The Hall–Kier alpha value is -3.55. The van der Waals surface area contributed by atoms with Gasteiger partial charge >= 0.3 is 0 Å². The highest BCUT2D eigenvalue weighted by molar-refractivity contribution is 5.86. The van der Waals surface area contributed by atoms with Gasteiger partial charge in [-0.15, -0.1) is 0 Å². The van der Waals surface area contributed by atoms with E-state index in [1.165, 1.54) is 0 Å². The van der Waals surface area contributed by atoms with Crippen molar-refractivity contribution in [1.82, 2.24) is 25.7 Å². The molecular weight excluding hydrogens is 380 g/mol. The molecule has 8 heteroatoms. The molecule has 0 atom stereocenters. The first-order valence-corrected chi connectivity index (χ1v) is 9.99. The molecule has 3 rings (SSSR count). The number of nitrogens with zero attached hydrogens (tertiary/aromatic N) is 3. The highest BCUT2D eigenvalue weighted by Gasteiger charge is 2.09. The topological polar surface area (TPSA) is 96.5 Å². The van der Waals surface area contributed by atoms with Crippen molar-refractivity contribution in [3.63, 3.8) is 0 Å². The van der Waals surface area contributed by atoms with E-state index >= 15 is 0 Å². The molecule has 0 spiro atoms. The molecule has 158 valence electrons. The highest BCUT2D eigenvalue weighted by atomic mass is 16.3. The molecule has 2 heterocycles. The molecule has 0 bridgehead atoms. The predicted molar refractivity (Wildman–Crippen MR) is 116 cm³/mol. The van der Waals surface area contributed by atoms with E-state index in [2.05, 4.69) is 26.0 Å². The number of rotatable bonds is 8. The van der Waals surface area contributed by atoms with Gasteiger partial charge in [0, 0.05) is 12.2 Å². The maximum Gasteiger partial charge on any atom is 0.239 e. The monoisotopic (exact) mass is 408 g/mol. The molecule has 2 aromatic heterocycles. The first-order chi connectivity index (χ1) is 14.6. The van der Waals surface area contributed by atoms with E-state index < -0.39 is 0 Å². The van der Waals surface area contributed by atoms with Crippen molar-refractivity contribution in [3.8, 4) is 5.69 Å². The number of benzene rings is 1. The first kappa shape index (κ1) is 21.2. The summed E-state index contributed by atoms with van der Waals surface area (Å²) in [5.41, 5.74) is 4.09. The van der Waals surface area contributed by atoms with E-state index in [-0.39, 0.29) is 12.5 Å². The van der Waals surface area contributed by atoms with Gasteiger partial charge < -0.3 is 20.4 Å². The fourth-order valence-electron chi connectivity index (χ4n) is 3.06. The van der Waals surface area contributed by atoms with Crippen molar-refractivity contribution in [2.45, 2.75) is 33.9 Å². The van der Waals surface area contributed by atoms with Gasteiger partial charge in [0.1, 0.15) is 5.76 Å². The number of hydrogen-bond acceptors (Lipinski definition) is 4. The van der Waals surface area contributed by atoms with Crippen LogP contribution in [0.3, 0.4) is 0 Å². The van der Waals surface area contributed by atoms with Crippen LogP contribution in [-0.2, 0) is 17.9 Å². The Morgan fingerprint density at radius 1 is 1.13 bits per heavy atom. The van der Waals surface area contributed by atoms with E-state index in [1.807, 2.05) is 61.9 Å². The van der Waals surface area contributed by atoms with Gasteiger partial charge in [0.2, 0.25) is 5.91 Å². The molecule has 8 nitrogen and oxygen atoms in total. The Morgan fingerprint density at radius 2 is 1.97 bits per heavy atom. The number of aliphatic imine (C=N–C) groups is 1. The number of guanidine groups is 1. The van der Waals surface area contributed by atoms with Gasteiger partial charge in [-0.3, -0.25) is 4.79 Å². The zero-order valence-corrected chi connectivity index (χ0v) is 17.6. The number of hydrogen-bond donors (Lipinski definition) is 3. The van der Waals surface area contributed by atoms with Crippen LogP contribution >= 0.6 is 0 Å². The minimum absolute atomic E-state index is 0.117. The summed E-state index contributed by atoms with van der Waals surface area (Å²) in [5.74, 6) is 1.15. The maximum atomic E-state index is 12.1. The normalized spacial score (nSPS) is 11.4. The minimum Gasteiger partial charge on any atom is -0.467 e. The lowest BCUT2D eigenvalue weighted by Gasteiger charge is -2.13. The lowest BCUT2D eigenvalue weighted by Crippen LogP contribution is -2.43. The number of amides is 1. The van der Waals surface area contributed by atoms with Crippen LogP contribution in [0.2, 0.25) is 0 Å². The van der Waals surface area contributed by atoms with Crippen LogP contribution < -0.4 is 16.0 Å². The molecule has 0 unspecified atom stereocenters. The van der Waals surface area contributed by atoms with Crippen LogP contribution in [0.25, 0.3) is 5.69 Å². The molecule has 3 N–H and O–H groups in total. The number of furan rings is 1. The Morgan fingerprint density at radius 3 is 2.67 bits per heavy atom. The average Bonchev–Trinajstić information content (AvgIpc) is 3.37. The van der Waals surface area contributed by atoms with E-state index in [0.29, 0.717) is 31.4 Å². The summed E-state index contributed by atoms with van der Waals surface area (Å²) in [6.07, 6.45) is 1.58. The van der Waals surface area contributed by atoms with Gasteiger partial charge in [0.25, 0.3) is 0 Å². The summed E-state index contributed by atoms with van der Waals surface area (Å²) in [5, 5.41) is 13.6. The van der Waals surface area contributed by atoms with Crippen LogP contribution in [0.1, 0.15) is 29.6 Å². The van der Waals surface area contributed by atoms with Crippen molar-refractivity contribution in [3.05, 3.63) is 71.4 Å². The van der Waals surface area contributed by atoms with Gasteiger partial charge in [0.15, 0.2) is 5.96 Å². The second-order valence-electron chi connectivity index (χ2n) is 6.87. The third-order valence-corrected chi connectivity index (χ3v) is 4.44. The first-order valence-electron chi connectivity index (χ1n) is 9.99. The van der Waals surface area contributed by atoms with E-state index in [9.17, 15) is 4.79 Å². The molecule has 0 saturated carbocycles. The van der Waals surface area contributed by atoms with Crippen molar-refractivity contribution < 1.29 is 9.21 Å². The summed E-state index contributed by atoms with van der Waals surface area (Å²) in [4.78, 5) is 16.7. The van der Waals surface area contributed by atoms with Crippen LogP contribution in [0.4, 0.5) is 0 Å². The van der Waals surface area contributed by atoms with Crippen molar-refractivity contribution in [2.75, 3.05) is 13.1 Å². The molecule has 0 aliphatic heterocycles. The van der Waals surface area contributed by atoms with Gasteiger partial charge in [-0.05, 0) is 50.6 Å². The molecule has 1 aromatic carbocycles. The fraction of sp³-hybridized carbons (Fsp3) is 0.318. The molecule has 0 saturated heterocycles. The van der Waals surface area contributed by atoms with Gasteiger partial charge in [0.05, 0.1) is 37.3 Å². The number of carbonyl (C=O) groups excluding carboxylic acids is 1. The summed E-state index contributed by atoms with van der Waals surface area (Å²) in [6.45, 7) is 7.62. The number of nitrogens with one attached hydrogen (secondary N) is 3. The molecule has 0 fully saturated rings.